The molecule has 132 valence electrons. The normalized spacial score (nSPS) is 11.1. The number of rotatable bonds is 13. The first kappa shape index (κ1) is 29.1. The first-order valence-electron chi connectivity index (χ1n) is 7.42. The van der Waals surface area contributed by atoms with Gasteiger partial charge in [0.15, 0.2) is 0 Å². The van der Waals surface area contributed by atoms with Crippen molar-refractivity contribution in [3.63, 3.8) is 0 Å². The van der Waals surface area contributed by atoms with E-state index in [1.54, 1.807) is 6.92 Å². The molecule has 0 aromatic heterocycles. The van der Waals surface area contributed by atoms with Crippen LogP contribution in [0.3, 0.4) is 0 Å². The van der Waals surface area contributed by atoms with E-state index >= 15 is 0 Å². The zero-order chi connectivity index (χ0) is 17.0. The number of carboxylic acids is 2. The second-order valence-electron chi connectivity index (χ2n) is 4.98. The largest absolute Gasteiger partial charge is 1.00 e. The second-order valence-corrected chi connectivity index (χ2v) is 4.98. The third-order valence-corrected chi connectivity index (χ3v) is 3.03. The Labute approximate surface area is 190 Å². The van der Waals surface area contributed by atoms with Crippen molar-refractivity contribution in [1.82, 2.24) is 10.2 Å². The molecule has 0 aliphatic heterocycles. The molecule has 10 heteroatoms. The SMILES string of the molecule is CCCCCC(=O)NCCN(CC(=O)O)C(C)OCC(=O)O.[H-].[H-].[Na+].[Na+]. The van der Waals surface area contributed by atoms with Crippen LogP contribution in [0.4, 0.5) is 0 Å². The van der Waals surface area contributed by atoms with Crippen LogP contribution in [-0.2, 0) is 19.1 Å². The molecule has 0 radical (unpaired) electrons. The van der Waals surface area contributed by atoms with Crippen molar-refractivity contribution in [2.24, 2.45) is 0 Å². The number of nitrogens with one attached hydrogen (secondary N) is 1. The van der Waals surface area contributed by atoms with Gasteiger partial charge in [0.2, 0.25) is 5.91 Å². The van der Waals surface area contributed by atoms with E-state index in [-0.39, 0.29) is 81.0 Å². The van der Waals surface area contributed by atoms with Crippen molar-refractivity contribution in [2.45, 2.75) is 45.8 Å². The molecule has 1 unspecified atom stereocenters. The van der Waals surface area contributed by atoms with Crippen molar-refractivity contribution < 1.29 is 91.3 Å². The molecular weight excluding hydrogens is 338 g/mol. The summed E-state index contributed by atoms with van der Waals surface area (Å²) in [5, 5.41) is 20.1. The molecular formula is C14H28N2Na2O6. The number of carboxylic acid groups (broad SMARTS) is 2. The van der Waals surface area contributed by atoms with Gasteiger partial charge >= 0.3 is 71.1 Å². The Morgan fingerprint density at radius 1 is 1.17 bits per heavy atom. The Balaban J connectivity index is -0.000000367. The van der Waals surface area contributed by atoms with E-state index in [2.05, 4.69) is 12.2 Å². The van der Waals surface area contributed by atoms with Gasteiger partial charge in [-0.2, -0.15) is 0 Å². The van der Waals surface area contributed by atoms with Gasteiger partial charge in [0.1, 0.15) is 12.8 Å². The quantitative estimate of drug-likeness (QED) is 0.169. The van der Waals surface area contributed by atoms with Crippen molar-refractivity contribution in [1.29, 1.82) is 0 Å². The van der Waals surface area contributed by atoms with E-state index in [0.717, 1.165) is 19.3 Å². The van der Waals surface area contributed by atoms with E-state index < -0.39 is 24.8 Å². The Morgan fingerprint density at radius 2 is 1.79 bits per heavy atom. The van der Waals surface area contributed by atoms with Crippen LogP contribution in [0.25, 0.3) is 0 Å². The number of aliphatic carboxylic acids is 2. The molecule has 0 rings (SSSR count). The van der Waals surface area contributed by atoms with Crippen LogP contribution in [0.2, 0.25) is 0 Å². The minimum Gasteiger partial charge on any atom is -1.00 e. The number of nitrogens with zero attached hydrogens (tertiary/aromatic N) is 1. The summed E-state index contributed by atoms with van der Waals surface area (Å²) in [7, 11) is 0. The maximum atomic E-state index is 11.6. The van der Waals surface area contributed by atoms with Gasteiger partial charge in [-0.3, -0.25) is 14.5 Å². The maximum absolute atomic E-state index is 11.6. The van der Waals surface area contributed by atoms with Crippen molar-refractivity contribution in [3.8, 4) is 0 Å². The van der Waals surface area contributed by atoms with E-state index in [0.29, 0.717) is 13.0 Å². The number of carbonyl (C=O) groups is 3. The summed E-state index contributed by atoms with van der Waals surface area (Å²) in [5.74, 6) is -2.23. The van der Waals surface area contributed by atoms with Crippen LogP contribution in [0.5, 0.6) is 0 Å². The van der Waals surface area contributed by atoms with Crippen molar-refractivity contribution in [2.75, 3.05) is 26.2 Å². The molecule has 24 heavy (non-hydrogen) atoms. The van der Waals surface area contributed by atoms with Gasteiger partial charge in [-0.1, -0.05) is 19.8 Å². The summed E-state index contributed by atoms with van der Waals surface area (Å²) in [5.41, 5.74) is 0. The Bertz CT molecular complexity index is 381. The average Bonchev–Trinajstić information content (AvgIpc) is 2.43. The molecule has 1 atom stereocenters. The number of hydrogen-bond donors (Lipinski definition) is 3. The van der Waals surface area contributed by atoms with Gasteiger partial charge in [-0.05, 0) is 13.3 Å². The smallest absolute Gasteiger partial charge is 1.00 e. The van der Waals surface area contributed by atoms with E-state index in [1.807, 2.05) is 0 Å². The zero-order valence-corrected chi connectivity index (χ0v) is 19.2. The van der Waals surface area contributed by atoms with Crippen LogP contribution >= 0.6 is 0 Å². The number of ether oxygens (including phenoxy) is 1. The third-order valence-electron chi connectivity index (χ3n) is 3.03. The Hall–Kier alpha value is 0.330. The van der Waals surface area contributed by atoms with Gasteiger partial charge in [0, 0.05) is 19.5 Å². The van der Waals surface area contributed by atoms with Gasteiger partial charge in [0.25, 0.3) is 0 Å². The summed E-state index contributed by atoms with van der Waals surface area (Å²) in [4.78, 5) is 34.3. The first-order chi connectivity index (χ1) is 10.4. The van der Waals surface area contributed by atoms with Gasteiger partial charge < -0.3 is 23.1 Å². The maximum Gasteiger partial charge on any atom is 1.00 e. The van der Waals surface area contributed by atoms with Gasteiger partial charge in [-0.25, -0.2) is 4.79 Å². The van der Waals surface area contributed by atoms with Crippen LogP contribution in [0.15, 0.2) is 0 Å². The molecule has 0 aromatic carbocycles. The van der Waals surface area contributed by atoms with Crippen LogP contribution in [0.1, 0.15) is 42.4 Å². The first-order valence-corrected chi connectivity index (χ1v) is 7.42. The summed E-state index contributed by atoms with van der Waals surface area (Å²) in [6, 6.07) is 0. The zero-order valence-electron chi connectivity index (χ0n) is 17.2. The Morgan fingerprint density at radius 3 is 2.29 bits per heavy atom. The standard InChI is InChI=1S/C14H26N2O6.2Na.2H/c1-3-4-5-6-12(17)15-7-8-16(9-13(18)19)11(2)22-10-14(20)21;;;;/h11H,3-10H2,1-2H3,(H,15,17)(H,18,19)(H,20,21);;;;/q;2*+1;2*-1. The summed E-state index contributed by atoms with van der Waals surface area (Å²) >= 11 is 0. The predicted molar refractivity (Wildman–Crippen MR) is 81.6 cm³/mol. The van der Waals surface area contributed by atoms with Crippen LogP contribution < -0.4 is 64.4 Å². The molecule has 0 saturated carbocycles. The molecule has 0 aliphatic carbocycles. The second kappa shape index (κ2) is 18.1. The summed E-state index contributed by atoms with van der Waals surface area (Å²) < 4.78 is 5.05. The van der Waals surface area contributed by atoms with Gasteiger partial charge in [0.05, 0.1) is 6.54 Å². The van der Waals surface area contributed by atoms with E-state index in [4.69, 9.17) is 14.9 Å². The minimum absolute atomic E-state index is 0. The average molecular weight is 366 g/mol. The van der Waals surface area contributed by atoms with E-state index in [1.165, 1.54) is 4.90 Å². The molecule has 0 fully saturated rings. The fraction of sp³-hybridized carbons (Fsp3) is 0.786. The van der Waals surface area contributed by atoms with Crippen molar-refractivity contribution >= 4 is 17.8 Å². The predicted octanol–water partition coefficient (Wildman–Crippen LogP) is -5.25. The molecule has 0 heterocycles. The molecule has 0 aromatic rings. The summed E-state index contributed by atoms with van der Waals surface area (Å²) in [6.07, 6.45) is 2.66. The van der Waals surface area contributed by atoms with Crippen molar-refractivity contribution in [3.05, 3.63) is 0 Å². The molecule has 8 nitrogen and oxygen atoms in total. The third kappa shape index (κ3) is 17.2. The van der Waals surface area contributed by atoms with Crippen LogP contribution in [0, 0.1) is 0 Å². The Kier molecular flexibility index (Phi) is 22.0. The summed E-state index contributed by atoms with van der Waals surface area (Å²) in [6.45, 7) is 3.41. The minimum atomic E-state index is -1.12. The molecule has 0 spiro atoms. The number of unbranched alkanes of at least 4 members (excludes halogenated alkanes) is 2. The van der Waals surface area contributed by atoms with Gasteiger partial charge in [-0.15, -0.1) is 0 Å². The topological polar surface area (TPSA) is 116 Å². The fourth-order valence-electron chi connectivity index (χ4n) is 1.82. The molecule has 1 amide bonds. The van der Waals surface area contributed by atoms with E-state index in [9.17, 15) is 14.4 Å². The number of hydrogen-bond acceptors (Lipinski definition) is 5. The molecule has 0 bridgehead atoms. The molecule has 0 saturated heterocycles. The molecule has 0 aliphatic rings. The molecule has 3 N–H and O–H groups in total. The van der Waals surface area contributed by atoms with Crippen LogP contribution in [-0.4, -0.2) is 65.4 Å². The number of amides is 1. The fourth-order valence-corrected chi connectivity index (χ4v) is 1.82. The monoisotopic (exact) mass is 366 g/mol. The number of carbonyl (C=O) groups excluding carboxylic acids is 1.